The van der Waals surface area contributed by atoms with Crippen molar-refractivity contribution >= 4 is 25.1 Å². The molecule has 0 aliphatic heterocycles. The van der Waals surface area contributed by atoms with Crippen molar-refractivity contribution < 1.29 is 26.4 Å². The van der Waals surface area contributed by atoms with Crippen LogP contribution >= 0.6 is 11.6 Å². The van der Waals surface area contributed by atoms with Crippen LogP contribution in [0, 0.1) is 29.1 Å². The molecular formula is C15H12ClF5OSi. The Morgan fingerprint density at radius 2 is 1.26 bits per heavy atom. The topological polar surface area (TPSA) is 9.23 Å². The highest BCUT2D eigenvalue weighted by Gasteiger charge is 2.38. The fourth-order valence-corrected chi connectivity index (χ4v) is 4.12. The Balaban J connectivity index is 2.34. The zero-order valence-corrected chi connectivity index (χ0v) is 13.9. The van der Waals surface area contributed by atoms with E-state index >= 15 is 0 Å². The molecule has 2 rings (SSSR count). The molecule has 0 radical (unpaired) electrons. The third kappa shape index (κ3) is 3.57. The standard InChI is InChI=1S/C15H12ClF5OSi/c1-23(2,22-7-8-3-5-9(16)6-4-8)15-13(20)11(18)10(17)12(19)14(15)21/h3-6H,7H2,1-2H3. The molecule has 0 aliphatic rings. The van der Waals surface area contributed by atoms with Crippen molar-refractivity contribution in [3.8, 4) is 0 Å². The molecule has 0 aliphatic carbocycles. The van der Waals surface area contributed by atoms with Gasteiger partial charge in [0.05, 0.1) is 6.61 Å². The molecule has 2 aromatic rings. The maximum absolute atomic E-state index is 13.9. The smallest absolute Gasteiger partial charge is 0.225 e. The highest BCUT2D eigenvalue weighted by Crippen LogP contribution is 2.21. The Hall–Kier alpha value is -1.44. The number of benzene rings is 2. The molecule has 0 N–H and O–H groups in total. The van der Waals surface area contributed by atoms with Crippen molar-refractivity contribution in [1.82, 2.24) is 0 Å². The van der Waals surface area contributed by atoms with Crippen molar-refractivity contribution in [1.29, 1.82) is 0 Å². The molecule has 0 saturated heterocycles. The van der Waals surface area contributed by atoms with Crippen molar-refractivity contribution in [2.24, 2.45) is 0 Å². The summed E-state index contributed by atoms with van der Waals surface area (Å²) >= 11 is 5.74. The molecule has 0 bridgehead atoms. The van der Waals surface area contributed by atoms with Gasteiger partial charge >= 0.3 is 0 Å². The summed E-state index contributed by atoms with van der Waals surface area (Å²) in [7, 11) is -3.38. The normalized spacial score (nSPS) is 11.8. The van der Waals surface area contributed by atoms with Crippen molar-refractivity contribution in [3.05, 3.63) is 63.9 Å². The molecule has 0 amide bonds. The first-order chi connectivity index (χ1) is 10.6. The minimum Gasteiger partial charge on any atom is -0.408 e. The zero-order chi connectivity index (χ0) is 17.4. The van der Waals surface area contributed by atoms with Crippen LogP contribution in [0.3, 0.4) is 0 Å². The van der Waals surface area contributed by atoms with E-state index in [0.717, 1.165) is 0 Å². The Morgan fingerprint density at radius 1 is 0.826 bits per heavy atom. The van der Waals surface area contributed by atoms with E-state index in [4.69, 9.17) is 16.0 Å². The van der Waals surface area contributed by atoms with E-state index in [9.17, 15) is 22.0 Å². The monoisotopic (exact) mass is 366 g/mol. The van der Waals surface area contributed by atoms with Gasteiger partial charge in [-0.1, -0.05) is 23.7 Å². The third-order valence-electron chi connectivity index (χ3n) is 3.32. The molecular weight excluding hydrogens is 355 g/mol. The number of rotatable bonds is 4. The highest BCUT2D eigenvalue weighted by atomic mass is 35.5. The van der Waals surface area contributed by atoms with E-state index < -0.39 is 42.6 Å². The van der Waals surface area contributed by atoms with E-state index in [1.165, 1.54) is 13.1 Å². The Morgan fingerprint density at radius 3 is 1.74 bits per heavy atom. The minimum absolute atomic E-state index is 0.0319. The molecule has 0 spiro atoms. The second-order valence-corrected chi connectivity index (χ2v) is 9.62. The van der Waals surface area contributed by atoms with Gasteiger partial charge in [-0.15, -0.1) is 0 Å². The van der Waals surface area contributed by atoms with Gasteiger partial charge < -0.3 is 4.43 Å². The quantitative estimate of drug-likeness (QED) is 0.331. The molecule has 23 heavy (non-hydrogen) atoms. The van der Waals surface area contributed by atoms with Crippen LogP contribution in [-0.2, 0) is 11.0 Å². The first kappa shape index (κ1) is 17.9. The second kappa shape index (κ2) is 6.58. The van der Waals surface area contributed by atoms with Gasteiger partial charge in [-0.2, -0.15) is 0 Å². The van der Waals surface area contributed by atoms with Gasteiger partial charge in [-0.25, -0.2) is 22.0 Å². The minimum atomic E-state index is -3.38. The number of halogens is 6. The van der Waals surface area contributed by atoms with Crippen LogP contribution in [-0.4, -0.2) is 8.32 Å². The van der Waals surface area contributed by atoms with E-state index in [1.54, 1.807) is 24.3 Å². The van der Waals surface area contributed by atoms with Crippen LogP contribution in [0.1, 0.15) is 5.56 Å². The lowest BCUT2D eigenvalue weighted by Gasteiger charge is -2.25. The van der Waals surface area contributed by atoms with Gasteiger partial charge in [0.1, 0.15) is 0 Å². The molecule has 8 heteroatoms. The van der Waals surface area contributed by atoms with Gasteiger partial charge in [0.25, 0.3) is 0 Å². The summed E-state index contributed by atoms with van der Waals surface area (Å²) in [5.41, 5.74) is 0.666. The summed E-state index contributed by atoms with van der Waals surface area (Å²) in [4.78, 5) is 0. The second-order valence-electron chi connectivity index (χ2n) is 5.37. The summed E-state index contributed by atoms with van der Waals surface area (Å²) < 4.78 is 73.1. The Bertz CT molecular complexity index is 705. The number of hydrogen-bond donors (Lipinski definition) is 0. The van der Waals surface area contributed by atoms with Crippen LogP contribution in [0.4, 0.5) is 22.0 Å². The molecule has 2 aromatic carbocycles. The SMILES string of the molecule is C[Si](C)(OCc1ccc(Cl)cc1)c1c(F)c(F)c(F)c(F)c1F. The van der Waals surface area contributed by atoms with Crippen molar-refractivity contribution in [2.45, 2.75) is 19.7 Å². The molecule has 0 atom stereocenters. The van der Waals surface area contributed by atoms with Gasteiger partial charge in [-0.3, -0.25) is 0 Å². The summed E-state index contributed by atoms with van der Waals surface area (Å²) in [6.45, 7) is 2.69. The maximum atomic E-state index is 13.9. The first-order valence-corrected chi connectivity index (χ1v) is 9.84. The molecule has 0 saturated carbocycles. The summed E-state index contributed by atoms with van der Waals surface area (Å²) in [5, 5.41) is -0.368. The van der Waals surface area contributed by atoms with Gasteiger partial charge in [-0.05, 0) is 30.8 Å². The average Bonchev–Trinajstić information content (AvgIpc) is 2.50. The lowest BCUT2D eigenvalue weighted by molar-refractivity contribution is 0.300. The molecule has 0 aromatic heterocycles. The van der Waals surface area contributed by atoms with E-state index in [0.29, 0.717) is 10.6 Å². The lowest BCUT2D eigenvalue weighted by atomic mass is 10.2. The average molecular weight is 367 g/mol. The fourth-order valence-electron chi connectivity index (χ4n) is 2.05. The Labute approximate surface area is 135 Å². The van der Waals surface area contributed by atoms with Crippen LogP contribution < -0.4 is 5.19 Å². The van der Waals surface area contributed by atoms with Gasteiger partial charge in [0.2, 0.25) is 14.1 Å². The van der Waals surface area contributed by atoms with Crippen LogP contribution in [0.15, 0.2) is 24.3 Å². The molecule has 0 fully saturated rings. The predicted octanol–water partition coefficient (Wildman–Crippen LogP) is 4.66. The molecule has 0 unspecified atom stereocenters. The van der Waals surface area contributed by atoms with Gasteiger partial charge in [0.15, 0.2) is 23.3 Å². The Kier molecular flexibility index (Phi) is 5.13. The van der Waals surface area contributed by atoms with E-state index in [2.05, 4.69) is 0 Å². The van der Waals surface area contributed by atoms with Crippen LogP contribution in [0.2, 0.25) is 18.1 Å². The van der Waals surface area contributed by atoms with E-state index in [-0.39, 0.29) is 6.61 Å². The molecule has 124 valence electrons. The molecule has 0 heterocycles. The zero-order valence-electron chi connectivity index (χ0n) is 12.2. The maximum Gasteiger partial charge on any atom is 0.225 e. The number of hydrogen-bond acceptors (Lipinski definition) is 1. The molecule has 1 nitrogen and oxygen atoms in total. The van der Waals surface area contributed by atoms with Crippen molar-refractivity contribution in [3.63, 3.8) is 0 Å². The highest BCUT2D eigenvalue weighted by molar-refractivity contribution is 6.84. The largest absolute Gasteiger partial charge is 0.408 e. The summed E-state index contributed by atoms with van der Waals surface area (Å²) in [6.07, 6.45) is 0. The fraction of sp³-hybridized carbons (Fsp3) is 0.200. The third-order valence-corrected chi connectivity index (χ3v) is 6.09. The van der Waals surface area contributed by atoms with Crippen LogP contribution in [0.25, 0.3) is 0 Å². The first-order valence-electron chi connectivity index (χ1n) is 6.55. The van der Waals surface area contributed by atoms with Crippen LogP contribution in [0.5, 0.6) is 0 Å². The predicted molar refractivity (Wildman–Crippen MR) is 79.6 cm³/mol. The lowest BCUT2D eigenvalue weighted by Crippen LogP contribution is -2.49. The summed E-state index contributed by atoms with van der Waals surface area (Å²) in [6, 6.07) is 6.50. The van der Waals surface area contributed by atoms with Gasteiger partial charge in [0, 0.05) is 10.2 Å². The summed E-state index contributed by atoms with van der Waals surface area (Å²) in [5.74, 6) is -9.78. The van der Waals surface area contributed by atoms with E-state index in [1.807, 2.05) is 0 Å². The van der Waals surface area contributed by atoms with Crippen molar-refractivity contribution in [2.75, 3.05) is 0 Å².